The lowest BCUT2D eigenvalue weighted by Gasteiger charge is -2.44. The molecule has 9 nitrogen and oxygen atoms in total. The van der Waals surface area contributed by atoms with Crippen molar-refractivity contribution >= 4 is 17.9 Å². The molecule has 0 aromatic rings. The van der Waals surface area contributed by atoms with Gasteiger partial charge in [-0.05, 0) is 33.6 Å². The van der Waals surface area contributed by atoms with Gasteiger partial charge in [0.15, 0.2) is 23.9 Å². The number of nitriles is 1. The predicted octanol–water partition coefficient (Wildman–Crippen LogP) is 0.507. The standard InChI is InChI=1S/C18H27N7O2/c1-12(2)7-9-24-14-15(26)22(4)17(27)25(11-19)18(14,3)21-16(24)23-8-5-6-13(20)10-23/h7,13-14H,5-6,8-10,20H2,1-4H3. The molecule has 3 atom stereocenters. The van der Waals surface area contributed by atoms with Crippen molar-refractivity contribution in [3.63, 3.8) is 0 Å². The number of guanidine groups is 1. The first kappa shape index (κ1) is 19.2. The Morgan fingerprint density at radius 1 is 1.44 bits per heavy atom. The lowest BCUT2D eigenvalue weighted by molar-refractivity contribution is -0.138. The largest absolute Gasteiger partial charge is 0.341 e. The summed E-state index contributed by atoms with van der Waals surface area (Å²) in [5.74, 6) is 0.281. The third-order valence-electron chi connectivity index (χ3n) is 5.45. The van der Waals surface area contributed by atoms with E-state index in [1.165, 1.54) is 7.05 Å². The van der Waals surface area contributed by atoms with Crippen LogP contribution in [0.15, 0.2) is 16.6 Å². The topological polar surface area (TPSA) is 109 Å². The van der Waals surface area contributed by atoms with Crippen molar-refractivity contribution in [1.82, 2.24) is 19.6 Å². The zero-order valence-electron chi connectivity index (χ0n) is 16.3. The molecule has 3 aliphatic rings. The van der Waals surface area contributed by atoms with E-state index in [0.717, 1.165) is 34.8 Å². The second-order valence-electron chi connectivity index (χ2n) is 7.81. The molecule has 3 aliphatic heterocycles. The molecule has 3 unspecified atom stereocenters. The number of hydrogen-bond acceptors (Lipinski definition) is 7. The smallest absolute Gasteiger partial charge is 0.341 e. The van der Waals surface area contributed by atoms with Gasteiger partial charge in [-0.25, -0.2) is 14.7 Å². The molecule has 0 aliphatic carbocycles. The summed E-state index contributed by atoms with van der Waals surface area (Å²) in [5, 5.41) is 9.60. The molecule has 0 saturated carbocycles. The number of aliphatic imine (C=N–C) groups is 1. The van der Waals surface area contributed by atoms with E-state index in [1.807, 2.05) is 31.0 Å². The average molecular weight is 373 g/mol. The zero-order valence-corrected chi connectivity index (χ0v) is 16.3. The van der Waals surface area contributed by atoms with Crippen molar-refractivity contribution in [2.24, 2.45) is 10.7 Å². The van der Waals surface area contributed by atoms with E-state index in [1.54, 1.807) is 6.92 Å². The molecule has 0 bridgehead atoms. The summed E-state index contributed by atoms with van der Waals surface area (Å²) in [4.78, 5) is 36.3. The van der Waals surface area contributed by atoms with Crippen LogP contribution in [0, 0.1) is 11.5 Å². The lowest BCUT2D eigenvalue weighted by Crippen LogP contribution is -2.69. The van der Waals surface area contributed by atoms with Crippen LogP contribution in [-0.2, 0) is 4.79 Å². The number of likely N-dealkylation sites (N-methyl/N-ethyl adjacent to an activating group) is 1. The summed E-state index contributed by atoms with van der Waals surface area (Å²) in [6, 6.07) is -1.36. The third-order valence-corrected chi connectivity index (χ3v) is 5.45. The van der Waals surface area contributed by atoms with Gasteiger partial charge in [0.2, 0.25) is 0 Å². The van der Waals surface area contributed by atoms with Gasteiger partial charge < -0.3 is 15.5 Å². The average Bonchev–Trinajstić information content (AvgIpc) is 2.92. The Hall–Kier alpha value is -2.60. The van der Waals surface area contributed by atoms with E-state index in [2.05, 4.69) is 4.90 Å². The van der Waals surface area contributed by atoms with Gasteiger partial charge in [-0.2, -0.15) is 5.26 Å². The van der Waals surface area contributed by atoms with Crippen LogP contribution in [-0.4, -0.2) is 81.9 Å². The molecule has 146 valence electrons. The van der Waals surface area contributed by atoms with Crippen molar-refractivity contribution in [2.45, 2.75) is 51.4 Å². The van der Waals surface area contributed by atoms with Crippen LogP contribution in [0.5, 0.6) is 0 Å². The highest BCUT2D eigenvalue weighted by molar-refractivity contribution is 6.05. The van der Waals surface area contributed by atoms with Crippen LogP contribution >= 0.6 is 0 Å². The van der Waals surface area contributed by atoms with Crippen molar-refractivity contribution < 1.29 is 9.59 Å². The number of allylic oxidation sites excluding steroid dienone is 1. The van der Waals surface area contributed by atoms with E-state index >= 15 is 0 Å². The molecule has 0 radical (unpaired) electrons. The Morgan fingerprint density at radius 2 is 2.15 bits per heavy atom. The Labute approximate surface area is 159 Å². The highest BCUT2D eigenvalue weighted by atomic mass is 16.2. The minimum absolute atomic E-state index is 0.0364. The molecule has 3 amide bonds. The van der Waals surface area contributed by atoms with Crippen LogP contribution in [0.1, 0.15) is 33.6 Å². The summed E-state index contributed by atoms with van der Waals surface area (Å²) in [5.41, 5.74) is 6.00. The number of amides is 3. The number of carbonyl (C=O) groups excluding carboxylic acids is 2. The maximum atomic E-state index is 13.0. The van der Waals surface area contributed by atoms with Gasteiger partial charge in [0.25, 0.3) is 5.91 Å². The fourth-order valence-electron chi connectivity index (χ4n) is 3.96. The molecule has 2 N–H and O–H groups in total. The SMILES string of the molecule is CC(C)=CCN1C(N2CCCC(N)C2)=NC2(C)C1C(=O)N(C)C(=O)N2C#N. The normalized spacial score (nSPS) is 30.9. The van der Waals surface area contributed by atoms with Crippen LogP contribution in [0.3, 0.4) is 0 Å². The number of fused-ring (bicyclic) bond motifs is 1. The van der Waals surface area contributed by atoms with Gasteiger partial charge >= 0.3 is 6.03 Å². The Morgan fingerprint density at radius 3 is 2.74 bits per heavy atom. The van der Waals surface area contributed by atoms with Gasteiger partial charge in [-0.1, -0.05) is 11.6 Å². The van der Waals surface area contributed by atoms with E-state index in [4.69, 9.17) is 10.7 Å². The third kappa shape index (κ3) is 3.04. The number of carbonyl (C=O) groups is 2. The monoisotopic (exact) mass is 373 g/mol. The first-order chi connectivity index (χ1) is 12.7. The molecular formula is C18H27N7O2. The number of urea groups is 1. The van der Waals surface area contributed by atoms with Gasteiger partial charge in [-0.15, -0.1) is 0 Å². The lowest BCUT2D eigenvalue weighted by atomic mass is 9.97. The van der Waals surface area contributed by atoms with E-state index in [9.17, 15) is 14.9 Å². The van der Waals surface area contributed by atoms with Crippen molar-refractivity contribution in [3.8, 4) is 6.19 Å². The number of hydrogen-bond donors (Lipinski definition) is 1. The van der Waals surface area contributed by atoms with Gasteiger partial charge in [0, 0.05) is 32.7 Å². The second-order valence-corrected chi connectivity index (χ2v) is 7.81. The van der Waals surface area contributed by atoms with Crippen LogP contribution in [0.4, 0.5) is 4.79 Å². The van der Waals surface area contributed by atoms with E-state index in [-0.39, 0.29) is 11.9 Å². The van der Waals surface area contributed by atoms with Crippen molar-refractivity contribution in [3.05, 3.63) is 11.6 Å². The Balaban J connectivity index is 2.07. The van der Waals surface area contributed by atoms with E-state index < -0.39 is 17.7 Å². The summed E-state index contributed by atoms with van der Waals surface area (Å²) >= 11 is 0. The quantitative estimate of drug-likeness (QED) is 0.558. The molecule has 0 aromatic heterocycles. The molecule has 3 rings (SSSR count). The number of nitrogens with two attached hydrogens (primary N) is 1. The maximum Gasteiger partial charge on any atom is 0.341 e. The van der Waals surface area contributed by atoms with Gasteiger partial charge in [0.1, 0.15) is 0 Å². The molecule has 2 saturated heterocycles. The molecule has 3 heterocycles. The summed E-state index contributed by atoms with van der Waals surface area (Å²) in [6.07, 6.45) is 5.84. The molecule has 0 aromatic carbocycles. The maximum absolute atomic E-state index is 13.0. The number of imide groups is 1. The Kier molecular flexibility index (Phi) is 4.86. The van der Waals surface area contributed by atoms with Crippen molar-refractivity contribution in [1.29, 1.82) is 5.26 Å². The summed E-state index contributed by atoms with van der Waals surface area (Å²) < 4.78 is 0. The number of nitrogens with zero attached hydrogens (tertiary/aromatic N) is 6. The van der Waals surface area contributed by atoms with Crippen LogP contribution < -0.4 is 5.73 Å². The zero-order chi connectivity index (χ0) is 19.9. The van der Waals surface area contributed by atoms with Crippen LogP contribution in [0.2, 0.25) is 0 Å². The number of rotatable bonds is 2. The first-order valence-corrected chi connectivity index (χ1v) is 9.22. The molecule has 9 heteroatoms. The fraction of sp³-hybridized carbons (Fsp3) is 0.667. The second kappa shape index (κ2) is 6.85. The molecule has 0 spiro atoms. The Bertz CT molecular complexity index is 751. The molecule has 27 heavy (non-hydrogen) atoms. The molecule has 2 fully saturated rings. The highest BCUT2D eigenvalue weighted by Gasteiger charge is 2.61. The predicted molar refractivity (Wildman–Crippen MR) is 100 cm³/mol. The van der Waals surface area contributed by atoms with Gasteiger partial charge in [-0.3, -0.25) is 9.69 Å². The highest BCUT2D eigenvalue weighted by Crippen LogP contribution is 2.38. The first-order valence-electron chi connectivity index (χ1n) is 9.22. The fourth-order valence-corrected chi connectivity index (χ4v) is 3.96. The minimum atomic E-state index is -1.26. The van der Waals surface area contributed by atoms with E-state index in [0.29, 0.717) is 19.0 Å². The van der Waals surface area contributed by atoms with Gasteiger partial charge in [0.05, 0.1) is 0 Å². The number of piperidine rings is 1. The van der Waals surface area contributed by atoms with Crippen LogP contribution in [0.25, 0.3) is 0 Å². The van der Waals surface area contributed by atoms with Crippen molar-refractivity contribution in [2.75, 3.05) is 26.7 Å². The summed E-state index contributed by atoms with van der Waals surface area (Å²) in [6.45, 7) is 7.55. The molecular weight excluding hydrogens is 346 g/mol. The summed E-state index contributed by atoms with van der Waals surface area (Å²) in [7, 11) is 1.41. The number of likely N-dealkylation sites (tertiary alicyclic amines) is 1. The minimum Gasteiger partial charge on any atom is -0.341 e.